The van der Waals surface area contributed by atoms with Gasteiger partial charge in [-0.15, -0.1) is 0 Å². The molecule has 1 aliphatic heterocycles. The average molecular weight is 234 g/mol. The van der Waals surface area contributed by atoms with Gasteiger partial charge in [-0.1, -0.05) is 6.58 Å². The Kier molecular flexibility index (Phi) is 3.48. The number of aliphatic carboxylic acids is 1. The largest absolute Gasteiger partial charge is 0.478 e. The number of carboxylic acid groups (broad SMARTS) is 1. The molecule has 0 spiro atoms. The number of carbonyl (C=O) groups is 1. The molecule has 0 aromatic carbocycles. The normalized spacial score (nSPS) is 22.5. The number of hydrogen-bond acceptors (Lipinski definition) is 3. The Balaban J connectivity index is 2.78. The van der Waals surface area contributed by atoms with Crippen molar-refractivity contribution < 1.29 is 18.3 Å². The molecule has 0 amide bonds. The minimum absolute atomic E-state index is 0.117. The summed E-state index contributed by atoms with van der Waals surface area (Å²) in [7, 11) is -2.01. The van der Waals surface area contributed by atoms with E-state index in [1.54, 1.807) is 0 Å². The van der Waals surface area contributed by atoms with Crippen molar-refractivity contribution in [1.82, 2.24) is 8.61 Å². The smallest absolute Gasteiger partial charge is 0.332 e. The van der Waals surface area contributed by atoms with Gasteiger partial charge in [0.15, 0.2) is 0 Å². The fraction of sp³-hybridized carbons (Fsp3) is 0.625. The van der Waals surface area contributed by atoms with Crippen molar-refractivity contribution in [3.05, 3.63) is 12.2 Å². The van der Waals surface area contributed by atoms with E-state index in [0.717, 1.165) is 4.31 Å². The van der Waals surface area contributed by atoms with Gasteiger partial charge in [0, 0.05) is 32.3 Å². The number of carboxylic acids is 1. The van der Waals surface area contributed by atoms with E-state index in [2.05, 4.69) is 6.58 Å². The molecule has 1 heterocycles. The van der Waals surface area contributed by atoms with Crippen LogP contribution in [0.4, 0.5) is 0 Å². The van der Waals surface area contributed by atoms with E-state index in [0.29, 0.717) is 19.5 Å². The zero-order valence-corrected chi connectivity index (χ0v) is 9.33. The van der Waals surface area contributed by atoms with E-state index in [-0.39, 0.29) is 12.1 Å². The van der Waals surface area contributed by atoms with Gasteiger partial charge in [0.25, 0.3) is 10.2 Å². The summed E-state index contributed by atoms with van der Waals surface area (Å²) in [5.74, 6) is -1.17. The van der Waals surface area contributed by atoms with Crippen molar-refractivity contribution in [2.45, 2.75) is 6.42 Å². The maximum Gasteiger partial charge on any atom is 0.332 e. The molecule has 1 N–H and O–H groups in total. The highest BCUT2D eigenvalue weighted by atomic mass is 32.2. The zero-order valence-electron chi connectivity index (χ0n) is 8.51. The van der Waals surface area contributed by atoms with Crippen molar-refractivity contribution in [1.29, 1.82) is 0 Å². The van der Waals surface area contributed by atoms with Crippen LogP contribution in [0.25, 0.3) is 0 Å². The van der Waals surface area contributed by atoms with Crippen molar-refractivity contribution in [3.8, 4) is 0 Å². The maximum atomic E-state index is 11.7. The highest BCUT2D eigenvalue weighted by Gasteiger charge is 2.31. The molecular weight excluding hydrogens is 220 g/mol. The summed E-state index contributed by atoms with van der Waals surface area (Å²) in [6, 6.07) is 0. The molecule has 0 aliphatic carbocycles. The fourth-order valence-electron chi connectivity index (χ4n) is 1.34. The molecule has 0 aromatic heterocycles. The molecule has 1 fully saturated rings. The fourth-order valence-corrected chi connectivity index (χ4v) is 2.77. The molecular formula is C8H14N2O4S. The molecule has 86 valence electrons. The van der Waals surface area contributed by atoms with Crippen LogP contribution >= 0.6 is 0 Å². The summed E-state index contributed by atoms with van der Waals surface area (Å²) < 4.78 is 25.7. The van der Waals surface area contributed by atoms with Crippen LogP contribution in [0.3, 0.4) is 0 Å². The summed E-state index contributed by atoms with van der Waals surface area (Å²) in [6.45, 7) is 3.98. The van der Waals surface area contributed by atoms with Crippen LogP contribution in [-0.4, -0.2) is 54.8 Å². The quantitative estimate of drug-likeness (QED) is 0.668. The minimum atomic E-state index is -3.49. The van der Waals surface area contributed by atoms with Gasteiger partial charge >= 0.3 is 5.97 Å². The van der Waals surface area contributed by atoms with Gasteiger partial charge in [-0.05, 0) is 6.42 Å². The molecule has 1 aliphatic rings. The molecule has 0 unspecified atom stereocenters. The van der Waals surface area contributed by atoms with E-state index in [9.17, 15) is 13.2 Å². The predicted molar refractivity (Wildman–Crippen MR) is 54.5 cm³/mol. The molecule has 1 rings (SSSR count). The Bertz CT molecular complexity index is 376. The first-order valence-electron chi connectivity index (χ1n) is 4.48. The zero-order chi connectivity index (χ0) is 11.6. The van der Waals surface area contributed by atoms with Gasteiger partial charge in [-0.25, -0.2) is 4.79 Å². The van der Waals surface area contributed by atoms with E-state index in [1.165, 1.54) is 11.4 Å². The van der Waals surface area contributed by atoms with E-state index >= 15 is 0 Å². The van der Waals surface area contributed by atoms with Crippen molar-refractivity contribution in [2.24, 2.45) is 0 Å². The first kappa shape index (κ1) is 12.2. The number of hydrogen-bond donors (Lipinski definition) is 1. The first-order chi connectivity index (χ1) is 6.85. The van der Waals surface area contributed by atoms with Gasteiger partial charge in [0.1, 0.15) is 0 Å². The Morgan fingerprint density at radius 2 is 2.07 bits per heavy atom. The van der Waals surface area contributed by atoms with Crippen molar-refractivity contribution in [3.63, 3.8) is 0 Å². The summed E-state index contributed by atoms with van der Waals surface area (Å²) >= 11 is 0. The number of nitrogens with zero attached hydrogens (tertiary/aromatic N) is 2. The molecule has 0 aromatic rings. The molecule has 0 atom stereocenters. The van der Waals surface area contributed by atoms with Crippen molar-refractivity contribution >= 4 is 16.2 Å². The van der Waals surface area contributed by atoms with Crippen LogP contribution in [-0.2, 0) is 15.0 Å². The lowest BCUT2D eigenvalue weighted by Gasteiger charge is -2.32. The van der Waals surface area contributed by atoms with Crippen LogP contribution in [0.2, 0.25) is 0 Å². The topological polar surface area (TPSA) is 77.9 Å². The van der Waals surface area contributed by atoms with Gasteiger partial charge in [0.2, 0.25) is 0 Å². The lowest BCUT2D eigenvalue weighted by molar-refractivity contribution is -0.132. The minimum Gasteiger partial charge on any atom is -0.478 e. The Morgan fingerprint density at radius 3 is 2.60 bits per heavy atom. The van der Waals surface area contributed by atoms with E-state index < -0.39 is 16.2 Å². The summed E-state index contributed by atoms with van der Waals surface area (Å²) in [5.41, 5.74) is -0.117. The summed E-state index contributed by atoms with van der Waals surface area (Å²) in [5, 5.41) is 8.61. The Hall–Kier alpha value is -0.920. The second-order valence-electron chi connectivity index (χ2n) is 3.43. The van der Waals surface area contributed by atoms with Crippen LogP contribution in [0.5, 0.6) is 0 Å². The van der Waals surface area contributed by atoms with Crippen LogP contribution in [0, 0.1) is 0 Å². The van der Waals surface area contributed by atoms with Crippen LogP contribution < -0.4 is 0 Å². The highest BCUT2D eigenvalue weighted by Crippen LogP contribution is 2.15. The Morgan fingerprint density at radius 1 is 1.47 bits per heavy atom. The predicted octanol–water partition coefficient (Wildman–Crippen LogP) is -0.490. The summed E-state index contributed by atoms with van der Waals surface area (Å²) in [6.07, 6.45) is 0.697. The summed E-state index contributed by atoms with van der Waals surface area (Å²) in [4.78, 5) is 10.5. The molecule has 15 heavy (non-hydrogen) atoms. The monoisotopic (exact) mass is 234 g/mol. The highest BCUT2D eigenvalue weighted by molar-refractivity contribution is 7.86. The van der Waals surface area contributed by atoms with Crippen molar-refractivity contribution in [2.75, 3.05) is 26.7 Å². The van der Waals surface area contributed by atoms with Gasteiger partial charge < -0.3 is 5.11 Å². The second kappa shape index (κ2) is 4.30. The third-order valence-corrected chi connectivity index (χ3v) is 4.20. The van der Waals surface area contributed by atoms with E-state index in [1.807, 2.05) is 0 Å². The third-order valence-electron chi connectivity index (χ3n) is 2.27. The van der Waals surface area contributed by atoms with Crippen LogP contribution in [0.15, 0.2) is 12.2 Å². The lowest BCUT2D eigenvalue weighted by Crippen LogP contribution is -2.48. The Labute approximate surface area is 89.0 Å². The first-order valence-corrected chi connectivity index (χ1v) is 5.88. The van der Waals surface area contributed by atoms with Crippen LogP contribution in [0.1, 0.15) is 6.42 Å². The molecule has 6 nitrogen and oxygen atoms in total. The molecule has 0 radical (unpaired) electrons. The average Bonchev–Trinajstić information content (AvgIpc) is 2.13. The molecule has 0 bridgehead atoms. The van der Waals surface area contributed by atoms with Gasteiger partial charge in [-0.3, -0.25) is 0 Å². The number of rotatable bonds is 3. The van der Waals surface area contributed by atoms with E-state index in [4.69, 9.17) is 5.11 Å². The lowest BCUT2D eigenvalue weighted by atomic mass is 10.3. The SMILES string of the molecule is C=C(CN1CCCN(C)S1(=O)=O)C(=O)O. The van der Waals surface area contributed by atoms with Gasteiger partial charge in [-0.2, -0.15) is 17.0 Å². The van der Waals surface area contributed by atoms with Gasteiger partial charge in [0.05, 0.1) is 0 Å². The maximum absolute atomic E-state index is 11.7. The third kappa shape index (κ3) is 2.55. The second-order valence-corrected chi connectivity index (χ2v) is 5.46. The molecule has 1 saturated heterocycles. The standard InChI is InChI=1S/C8H14N2O4S/c1-7(8(11)12)6-10-5-3-4-9(2)15(10,13)14/h1,3-6H2,2H3,(H,11,12). The molecule has 0 saturated carbocycles. The molecule has 7 heteroatoms.